The number of hydrogen-bond donors (Lipinski definition) is 2. The van der Waals surface area contributed by atoms with Crippen LogP contribution >= 0.6 is 22.9 Å². The first-order chi connectivity index (χ1) is 8.97. The predicted molar refractivity (Wildman–Crippen MR) is 78.9 cm³/mol. The van der Waals surface area contributed by atoms with Gasteiger partial charge in [0, 0.05) is 22.3 Å². The van der Waals surface area contributed by atoms with E-state index in [1.807, 2.05) is 13.8 Å². The monoisotopic (exact) mass is 295 g/mol. The van der Waals surface area contributed by atoms with Gasteiger partial charge in [-0.3, -0.25) is 4.79 Å². The van der Waals surface area contributed by atoms with Crippen LogP contribution in [0.3, 0.4) is 0 Å². The van der Waals surface area contributed by atoms with Gasteiger partial charge in [-0.05, 0) is 37.1 Å². The molecule has 6 heteroatoms. The summed E-state index contributed by atoms with van der Waals surface area (Å²) in [6, 6.07) is 3.58. The Hall–Kier alpha value is -1.59. The number of anilines is 1. The van der Waals surface area contributed by atoms with Crippen molar-refractivity contribution in [3.05, 3.63) is 44.4 Å². The molecule has 2 rings (SSSR count). The number of nitrogens with two attached hydrogens (primary N) is 1. The number of rotatable bonds is 4. The van der Waals surface area contributed by atoms with Crippen LogP contribution in [0.15, 0.2) is 18.3 Å². The van der Waals surface area contributed by atoms with Gasteiger partial charge in [-0.2, -0.15) is 0 Å². The second-order valence-electron chi connectivity index (χ2n) is 4.28. The van der Waals surface area contributed by atoms with Gasteiger partial charge >= 0.3 is 0 Å². The molecule has 0 aliphatic rings. The number of amides is 1. The van der Waals surface area contributed by atoms with Crippen molar-refractivity contribution in [1.82, 2.24) is 4.98 Å². The predicted octanol–water partition coefficient (Wildman–Crippen LogP) is 3.12. The molecule has 0 spiro atoms. The van der Waals surface area contributed by atoms with Crippen LogP contribution in [0, 0.1) is 13.8 Å². The van der Waals surface area contributed by atoms with E-state index in [2.05, 4.69) is 10.3 Å². The van der Waals surface area contributed by atoms with Crippen LogP contribution in [0.2, 0.25) is 4.47 Å². The number of nitrogens with zero attached hydrogens (tertiary/aromatic N) is 1. The van der Waals surface area contributed by atoms with Crippen molar-refractivity contribution in [3.63, 3.8) is 0 Å². The van der Waals surface area contributed by atoms with Gasteiger partial charge in [0.2, 0.25) is 5.91 Å². The average Bonchev–Trinajstić information content (AvgIpc) is 2.73. The Morgan fingerprint density at radius 1 is 1.42 bits per heavy atom. The number of carbonyl (C=O) groups is 1. The molecule has 0 radical (unpaired) electrons. The zero-order valence-electron chi connectivity index (χ0n) is 10.7. The van der Waals surface area contributed by atoms with Crippen LogP contribution in [0.1, 0.15) is 26.4 Å². The molecule has 100 valence electrons. The molecular weight excluding hydrogens is 282 g/mol. The fraction of sp³-hybridized carbons (Fsp3) is 0.231. The molecule has 1 aromatic heterocycles. The van der Waals surface area contributed by atoms with Gasteiger partial charge in [0.05, 0.1) is 6.54 Å². The minimum Gasteiger partial charge on any atom is -0.380 e. The highest BCUT2D eigenvalue weighted by Gasteiger charge is 2.08. The quantitative estimate of drug-likeness (QED) is 0.910. The van der Waals surface area contributed by atoms with Gasteiger partial charge in [-0.25, -0.2) is 4.98 Å². The summed E-state index contributed by atoms with van der Waals surface area (Å²) in [5.41, 5.74) is 8.81. The zero-order chi connectivity index (χ0) is 14.0. The van der Waals surface area contributed by atoms with Crippen LogP contribution in [0.5, 0.6) is 0 Å². The molecule has 19 heavy (non-hydrogen) atoms. The number of aromatic nitrogens is 1. The Kier molecular flexibility index (Phi) is 4.07. The van der Waals surface area contributed by atoms with E-state index in [0.717, 1.165) is 21.7 Å². The molecule has 0 atom stereocenters. The second kappa shape index (κ2) is 5.59. The van der Waals surface area contributed by atoms with Gasteiger partial charge in [0.1, 0.15) is 0 Å². The Morgan fingerprint density at radius 2 is 2.05 bits per heavy atom. The maximum absolute atomic E-state index is 11.2. The second-order valence-corrected chi connectivity index (χ2v) is 5.98. The van der Waals surface area contributed by atoms with Gasteiger partial charge in [-0.1, -0.05) is 11.6 Å². The number of halogens is 1. The van der Waals surface area contributed by atoms with Crippen molar-refractivity contribution in [3.8, 4) is 0 Å². The normalized spacial score (nSPS) is 10.5. The molecule has 0 saturated heterocycles. The Balaban J connectivity index is 2.18. The van der Waals surface area contributed by atoms with Crippen LogP contribution in [-0.4, -0.2) is 10.9 Å². The summed E-state index contributed by atoms with van der Waals surface area (Å²) in [6.07, 6.45) is 1.75. The summed E-state index contributed by atoms with van der Waals surface area (Å²) in [6.45, 7) is 4.55. The number of thiazole rings is 1. The average molecular weight is 296 g/mol. The number of nitrogens with one attached hydrogen (secondary N) is 1. The van der Waals surface area contributed by atoms with Crippen molar-refractivity contribution < 1.29 is 4.79 Å². The van der Waals surface area contributed by atoms with Crippen LogP contribution < -0.4 is 11.1 Å². The van der Waals surface area contributed by atoms with Gasteiger partial charge in [0.25, 0.3) is 0 Å². The lowest BCUT2D eigenvalue weighted by atomic mass is 10.0. The molecule has 2 aromatic rings. The highest BCUT2D eigenvalue weighted by atomic mass is 35.5. The summed E-state index contributed by atoms with van der Waals surface area (Å²) < 4.78 is 0.536. The lowest BCUT2D eigenvalue weighted by molar-refractivity contribution is 0.1000. The number of benzene rings is 1. The van der Waals surface area contributed by atoms with Gasteiger partial charge < -0.3 is 11.1 Å². The summed E-state index contributed by atoms with van der Waals surface area (Å²) in [5.74, 6) is -0.410. The molecule has 4 nitrogen and oxygen atoms in total. The molecule has 0 unspecified atom stereocenters. The topological polar surface area (TPSA) is 68.0 Å². The minimum absolute atomic E-state index is 0.410. The number of carbonyl (C=O) groups excluding carboxylic acids is 1. The SMILES string of the molecule is Cc1cc(C(N)=O)cc(C)c1NCc1cnc(Cl)s1. The van der Waals surface area contributed by atoms with Crippen LogP contribution in [-0.2, 0) is 6.54 Å². The lowest BCUT2D eigenvalue weighted by Gasteiger charge is -2.13. The fourth-order valence-electron chi connectivity index (χ4n) is 1.93. The summed E-state index contributed by atoms with van der Waals surface area (Å²) >= 11 is 7.23. The first-order valence-corrected chi connectivity index (χ1v) is 6.92. The van der Waals surface area contributed by atoms with Gasteiger partial charge in [-0.15, -0.1) is 11.3 Å². The zero-order valence-corrected chi connectivity index (χ0v) is 12.2. The molecule has 0 bridgehead atoms. The van der Waals surface area contributed by atoms with Crippen molar-refractivity contribution in [2.75, 3.05) is 5.32 Å². The number of hydrogen-bond acceptors (Lipinski definition) is 4. The fourth-order valence-corrected chi connectivity index (χ4v) is 2.84. The molecule has 0 aliphatic heterocycles. The van der Waals surface area contributed by atoms with Crippen molar-refractivity contribution in [1.29, 1.82) is 0 Å². The molecule has 0 fully saturated rings. The highest BCUT2D eigenvalue weighted by Crippen LogP contribution is 2.24. The summed E-state index contributed by atoms with van der Waals surface area (Å²) in [5, 5.41) is 3.34. The van der Waals surface area contributed by atoms with E-state index in [1.54, 1.807) is 18.3 Å². The highest BCUT2D eigenvalue weighted by molar-refractivity contribution is 7.15. The van der Waals surface area contributed by atoms with E-state index in [4.69, 9.17) is 17.3 Å². The Bertz CT molecular complexity index is 601. The molecular formula is C13H14ClN3OS. The first-order valence-electron chi connectivity index (χ1n) is 5.72. The first kappa shape index (κ1) is 13.8. The van der Waals surface area contributed by atoms with E-state index in [1.165, 1.54) is 11.3 Å². The standard InChI is InChI=1S/C13H14ClN3OS/c1-7-3-9(12(15)18)4-8(2)11(7)16-5-10-6-17-13(14)19-10/h3-4,6,16H,5H2,1-2H3,(H2,15,18). The van der Waals surface area contributed by atoms with E-state index >= 15 is 0 Å². The molecule has 1 aromatic carbocycles. The van der Waals surface area contributed by atoms with Crippen molar-refractivity contribution in [2.45, 2.75) is 20.4 Å². The number of primary amides is 1. The third-order valence-electron chi connectivity index (χ3n) is 2.78. The third kappa shape index (κ3) is 3.24. The minimum atomic E-state index is -0.410. The maximum atomic E-state index is 11.2. The van der Waals surface area contributed by atoms with Crippen molar-refractivity contribution >= 4 is 34.5 Å². The maximum Gasteiger partial charge on any atom is 0.248 e. The van der Waals surface area contributed by atoms with Crippen LogP contribution in [0.25, 0.3) is 0 Å². The smallest absolute Gasteiger partial charge is 0.248 e. The molecule has 1 heterocycles. The molecule has 0 saturated carbocycles. The Morgan fingerprint density at radius 3 is 2.53 bits per heavy atom. The summed E-state index contributed by atoms with van der Waals surface area (Å²) in [7, 11) is 0. The molecule has 3 N–H and O–H groups in total. The van der Waals surface area contributed by atoms with E-state index in [9.17, 15) is 4.79 Å². The lowest BCUT2D eigenvalue weighted by Crippen LogP contribution is -2.12. The number of aryl methyl sites for hydroxylation is 2. The molecule has 0 aliphatic carbocycles. The van der Waals surface area contributed by atoms with Crippen LogP contribution in [0.4, 0.5) is 5.69 Å². The van der Waals surface area contributed by atoms with Gasteiger partial charge in [0.15, 0.2) is 4.47 Å². The van der Waals surface area contributed by atoms with E-state index in [-0.39, 0.29) is 0 Å². The van der Waals surface area contributed by atoms with E-state index in [0.29, 0.717) is 16.6 Å². The molecule has 1 amide bonds. The van der Waals surface area contributed by atoms with E-state index < -0.39 is 5.91 Å². The third-order valence-corrected chi connectivity index (χ3v) is 3.90. The largest absolute Gasteiger partial charge is 0.380 e. The summed E-state index contributed by atoms with van der Waals surface area (Å²) in [4.78, 5) is 16.2. The Labute approximate surface area is 120 Å². The van der Waals surface area contributed by atoms with Crippen molar-refractivity contribution in [2.24, 2.45) is 5.73 Å².